The molecule has 0 radical (unpaired) electrons. The maximum Gasteiger partial charge on any atom is 0.295 e. The number of benzene rings is 6. The molecule has 1 heterocycles. The van der Waals surface area contributed by atoms with Crippen LogP contribution in [0, 0.1) is 0 Å². The van der Waals surface area contributed by atoms with Crippen LogP contribution in [0.15, 0.2) is 132 Å². The number of hydrogen-bond donors (Lipinski definition) is 4. The molecule has 4 N–H and O–H groups in total. The van der Waals surface area contributed by atoms with Crippen LogP contribution in [0.3, 0.4) is 0 Å². The first-order chi connectivity index (χ1) is 34.1. The number of fused-ring (bicyclic) bond motifs is 2. The van der Waals surface area contributed by atoms with Crippen LogP contribution in [0.1, 0.15) is 47.5 Å². The van der Waals surface area contributed by atoms with Crippen molar-refractivity contribution in [1.82, 2.24) is 15.0 Å². The third kappa shape index (κ3) is 12.0. The van der Waals surface area contributed by atoms with Gasteiger partial charge in [-0.1, -0.05) is 73.6 Å². The summed E-state index contributed by atoms with van der Waals surface area (Å²) in [7, 11) is -5.92. The number of nitrogens with zero attached hydrogens (tertiary/aromatic N) is 9. The molecule has 6 aromatic carbocycles. The highest BCUT2D eigenvalue weighted by Gasteiger charge is 2.22. The molecular formula is C49H55N11O8S3. The quantitative estimate of drug-likeness (QED) is 0.0213. The van der Waals surface area contributed by atoms with E-state index in [4.69, 9.17) is 24.4 Å². The molecule has 0 aliphatic carbocycles. The lowest BCUT2D eigenvalue weighted by Gasteiger charge is -2.25. The predicted molar refractivity (Wildman–Crippen MR) is 281 cm³/mol. The second kappa shape index (κ2) is 22.8. The second-order valence-electron chi connectivity index (χ2n) is 15.8. The van der Waals surface area contributed by atoms with Crippen LogP contribution in [-0.4, -0.2) is 87.0 Å². The van der Waals surface area contributed by atoms with Gasteiger partial charge in [0.1, 0.15) is 32.7 Å². The third-order valence-corrected chi connectivity index (χ3v) is 14.2. The molecule has 22 heteroatoms. The maximum absolute atomic E-state index is 12.3. The van der Waals surface area contributed by atoms with E-state index in [9.17, 15) is 25.9 Å². The van der Waals surface area contributed by atoms with Gasteiger partial charge in [-0.15, -0.1) is 20.5 Å². The standard InChI is InChI=1S/C49H55N11O8S3/c1-8-13-26-69-49-53-47(50-37-27-41(59(9-2)10-3)43(67-6)29-39(37)57-55-35-22-24-45(70(61,62)63)33-20-16-14-18-31(33)35)52-48(54-49)51-38-28-42(60(11-4)12-5)44(68-7)30-40(38)58-56-36-23-25-46(71(64,65)66)34-21-17-15-19-32(34)36/h14-25,27-30H,8-13,26H2,1-7H3,(H,61,62,63)(H,64,65,66)(H2,50,51,52,53,54). The van der Waals surface area contributed by atoms with Gasteiger partial charge in [-0.25, -0.2) is 0 Å². The third-order valence-electron chi connectivity index (χ3n) is 11.4. The molecule has 0 amide bonds. The van der Waals surface area contributed by atoms with Gasteiger partial charge in [-0.2, -0.15) is 31.8 Å². The molecule has 0 saturated heterocycles. The van der Waals surface area contributed by atoms with Gasteiger partial charge < -0.3 is 29.9 Å². The molecule has 0 aliphatic heterocycles. The average Bonchev–Trinajstić information content (AvgIpc) is 3.35. The van der Waals surface area contributed by atoms with Crippen LogP contribution in [0.25, 0.3) is 21.5 Å². The first-order valence-electron chi connectivity index (χ1n) is 22.8. The van der Waals surface area contributed by atoms with E-state index in [1.165, 1.54) is 36.0 Å². The van der Waals surface area contributed by atoms with Gasteiger partial charge in [0.15, 0.2) is 5.16 Å². The van der Waals surface area contributed by atoms with Gasteiger partial charge >= 0.3 is 0 Å². The van der Waals surface area contributed by atoms with Gasteiger partial charge in [-0.05, 0) is 70.5 Å². The molecule has 0 saturated carbocycles. The normalized spacial score (nSPS) is 12.0. The van der Waals surface area contributed by atoms with Crippen molar-refractivity contribution in [2.24, 2.45) is 20.5 Å². The van der Waals surface area contributed by atoms with Crippen molar-refractivity contribution >= 4 is 111 Å². The molecule has 372 valence electrons. The molecule has 0 bridgehead atoms. The Labute approximate surface area is 417 Å². The smallest absolute Gasteiger partial charge is 0.295 e. The summed E-state index contributed by atoms with van der Waals surface area (Å²) in [5.74, 6) is 2.13. The van der Waals surface area contributed by atoms with E-state index in [1.807, 2.05) is 39.8 Å². The summed E-state index contributed by atoms with van der Waals surface area (Å²) >= 11 is 1.46. The molecule has 7 aromatic rings. The van der Waals surface area contributed by atoms with E-state index in [0.29, 0.717) is 87.7 Å². The Kier molecular flexibility index (Phi) is 16.7. The molecule has 7 rings (SSSR count). The zero-order chi connectivity index (χ0) is 50.9. The van der Waals surface area contributed by atoms with Crippen molar-refractivity contribution in [3.05, 3.63) is 97.1 Å². The maximum atomic E-state index is 12.3. The van der Waals surface area contributed by atoms with Gasteiger partial charge in [-0.3, -0.25) is 9.11 Å². The molecule has 0 unspecified atom stereocenters. The molecule has 0 atom stereocenters. The number of methoxy groups -OCH3 is 2. The van der Waals surface area contributed by atoms with Gasteiger partial charge in [0.05, 0.1) is 48.3 Å². The Morgan fingerprint density at radius 3 is 1.31 bits per heavy atom. The van der Waals surface area contributed by atoms with Crippen LogP contribution in [0.5, 0.6) is 11.5 Å². The topological polar surface area (TPSA) is 246 Å². The Morgan fingerprint density at radius 1 is 0.549 bits per heavy atom. The molecule has 1 aromatic heterocycles. The Morgan fingerprint density at radius 2 is 0.944 bits per heavy atom. The Hall–Kier alpha value is -6.98. The summed E-state index contributed by atoms with van der Waals surface area (Å²) in [6, 6.07) is 26.2. The van der Waals surface area contributed by atoms with E-state index in [-0.39, 0.29) is 32.5 Å². The SMILES string of the molecule is CCCCSc1nc(Nc2cc(N(CC)CC)c(OC)cc2N=Nc2ccc(S(=O)(=O)O)c3ccccc23)nc(Nc2cc(N(CC)CC)c(OC)cc2N=Nc2ccc(S(=O)(=O)O)c3ccccc23)n1. The number of unbranched alkanes of at least 4 members (excludes halogenated alkanes) is 1. The fourth-order valence-electron chi connectivity index (χ4n) is 7.86. The number of anilines is 6. The minimum Gasteiger partial charge on any atom is -0.494 e. The summed E-state index contributed by atoms with van der Waals surface area (Å²) in [6.45, 7) is 12.9. The number of aromatic nitrogens is 3. The lowest BCUT2D eigenvalue weighted by atomic mass is 10.1. The number of rotatable bonds is 22. The summed E-state index contributed by atoms with van der Waals surface area (Å²) in [5, 5.41) is 27.2. The van der Waals surface area contributed by atoms with E-state index in [0.717, 1.165) is 30.0 Å². The van der Waals surface area contributed by atoms with Crippen molar-refractivity contribution < 1.29 is 35.4 Å². The first kappa shape index (κ1) is 51.9. The van der Waals surface area contributed by atoms with Gasteiger partial charge in [0.2, 0.25) is 11.9 Å². The number of ether oxygens (including phenoxy) is 2. The van der Waals surface area contributed by atoms with Crippen LogP contribution < -0.4 is 29.9 Å². The number of thioether (sulfide) groups is 1. The summed E-state index contributed by atoms with van der Waals surface area (Å²) in [6.07, 6.45) is 1.87. The average molecular weight is 1020 g/mol. The van der Waals surface area contributed by atoms with Crippen LogP contribution in [-0.2, 0) is 20.2 Å². The fourth-order valence-corrected chi connectivity index (χ4v) is 10.2. The van der Waals surface area contributed by atoms with Crippen LogP contribution >= 0.6 is 11.8 Å². The largest absolute Gasteiger partial charge is 0.494 e. The molecule has 0 spiro atoms. The Bertz CT molecular complexity index is 3140. The summed E-state index contributed by atoms with van der Waals surface area (Å²) < 4.78 is 80.8. The zero-order valence-corrected chi connectivity index (χ0v) is 42.7. The minimum absolute atomic E-state index is 0.169. The van der Waals surface area contributed by atoms with Crippen molar-refractivity contribution in [1.29, 1.82) is 0 Å². The summed E-state index contributed by atoms with van der Waals surface area (Å²) in [4.78, 5) is 18.3. The van der Waals surface area contributed by atoms with Gasteiger partial charge in [0, 0.05) is 65.6 Å². The molecule has 0 aliphatic rings. The van der Waals surface area contributed by atoms with E-state index in [2.05, 4.69) is 47.8 Å². The lowest BCUT2D eigenvalue weighted by Crippen LogP contribution is -2.22. The number of nitrogens with one attached hydrogen (secondary N) is 2. The molecule has 19 nitrogen and oxygen atoms in total. The highest BCUT2D eigenvalue weighted by molar-refractivity contribution is 7.99. The monoisotopic (exact) mass is 1020 g/mol. The fraction of sp³-hybridized carbons (Fsp3) is 0.286. The highest BCUT2D eigenvalue weighted by atomic mass is 32.2. The van der Waals surface area contributed by atoms with Crippen molar-refractivity contribution in [3.8, 4) is 11.5 Å². The van der Waals surface area contributed by atoms with E-state index in [1.54, 1.807) is 74.9 Å². The van der Waals surface area contributed by atoms with Gasteiger partial charge in [0.25, 0.3) is 20.2 Å². The van der Waals surface area contributed by atoms with Crippen LogP contribution in [0.2, 0.25) is 0 Å². The predicted octanol–water partition coefficient (Wildman–Crippen LogP) is 12.6. The highest BCUT2D eigenvalue weighted by Crippen LogP contribution is 2.44. The second-order valence-corrected chi connectivity index (χ2v) is 19.6. The van der Waals surface area contributed by atoms with Crippen molar-refractivity contribution in [3.63, 3.8) is 0 Å². The lowest BCUT2D eigenvalue weighted by molar-refractivity contribution is 0.414. The first-order valence-corrected chi connectivity index (χ1v) is 26.7. The van der Waals surface area contributed by atoms with E-state index >= 15 is 0 Å². The summed E-state index contributed by atoms with van der Waals surface area (Å²) in [5.41, 5.74) is 3.86. The molecule has 0 fully saturated rings. The van der Waals surface area contributed by atoms with Crippen LogP contribution in [0.4, 0.5) is 57.4 Å². The molecule has 71 heavy (non-hydrogen) atoms. The molecular weight excluding hydrogens is 967 g/mol. The van der Waals surface area contributed by atoms with Crippen molar-refractivity contribution in [2.45, 2.75) is 62.4 Å². The van der Waals surface area contributed by atoms with Crippen molar-refractivity contribution in [2.75, 3.05) is 66.6 Å². The van der Waals surface area contributed by atoms with E-state index < -0.39 is 20.2 Å². The number of azo groups is 2. The minimum atomic E-state index is -4.53. The Balaban J connectivity index is 1.36. The zero-order valence-electron chi connectivity index (χ0n) is 40.3. The number of hydrogen-bond acceptors (Lipinski definition) is 18.